The molecule has 0 bridgehead atoms. The van der Waals surface area contributed by atoms with E-state index < -0.39 is 18.0 Å². The summed E-state index contributed by atoms with van der Waals surface area (Å²) in [5.74, 6) is -0.580. The van der Waals surface area contributed by atoms with Crippen LogP contribution in [0.4, 0.5) is 0 Å². The Balaban J connectivity index is 1.77. The number of rotatable bonds is 5. The summed E-state index contributed by atoms with van der Waals surface area (Å²) < 4.78 is 5.15. The lowest BCUT2D eigenvalue weighted by atomic mass is 10.0. The van der Waals surface area contributed by atoms with Crippen molar-refractivity contribution in [3.05, 3.63) is 46.1 Å². The first-order valence-corrected chi connectivity index (χ1v) is 7.47. The van der Waals surface area contributed by atoms with Crippen LogP contribution in [0.15, 0.2) is 30.5 Å². The van der Waals surface area contributed by atoms with Gasteiger partial charge in [-0.3, -0.25) is 9.59 Å². The van der Waals surface area contributed by atoms with Crippen molar-refractivity contribution in [2.75, 3.05) is 6.54 Å². The van der Waals surface area contributed by atoms with Crippen LogP contribution < -0.4 is 5.32 Å². The molecule has 0 saturated heterocycles. The van der Waals surface area contributed by atoms with Gasteiger partial charge in [0, 0.05) is 19.0 Å². The fourth-order valence-electron chi connectivity index (χ4n) is 2.04. The molecule has 1 amide bonds. The maximum Gasteiger partial charge on any atom is 0.224 e. The summed E-state index contributed by atoms with van der Waals surface area (Å²) in [7, 11) is 0. The molecule has 7 heteroatoms. The average molecular weight is 344 g/mol. The molecule has 0 aliphatic carbocycles. The van der Waals surface area contributed by atoms with E-state index in [-0.39, 0.29) is 12.3 Å². The molecule has 2 atom stereocenters. The molecule has 22 heavy (non-hydrogen) atoms. The summed E-state index contributed by atoms with van der Waals surface area (Å²) in [5.41, 5.74) is 0.749. The van der Waals surface area contributed by atoms with E-state index in [1.54, 1.807) is 18.2 Å². The number of ketones is 1. The van der Waals surface area contributed by atoms with Crippen LogP contribution in [-0.2, 0) is 20.7 Å². The second-order valence-electron chi connectivity index (χ2n) is 4.89. The zero-order valence-electron chi connectivity index (χ0n) is 11.6. The van der Waals surface area contributed by atoms with Crippen LogP contribution >= 0.6 is 23.2 Å². The van der Waals surface area contributed by atoms with E-state index in [4.69, 9.17) is 27.9 Å². The zero-order chi connectivity index (χ0) is 16.1. The van der Waals surface area contributed by atoms with Gasteiger partial charge in [-0.1, -0.05) is 29.3 Å². The van der Waals surface area contributed by atoms with Gasteiger partial charge in [0.25, 0.3) is 0 Å². The number of hydrogen-bond donors (Lipinski definition) is 2. The molecule has 1 aliphatic rings. The summed E-state index contributed by atoms with van der Waals surface area (Å²) in [6.45, 7) is 0.295. The van der Waals surface area contributed by atoms with Crippen molar-refractivity contribution in [3.8, 4) is 0 Å². The minimum Gasteiger partial charge on any atom is -0.495 e. The van der Waals surface area contributed by atoms with Crippen molar-refractivity contribution in [2.45, 2.75) is 25.0 Å². The second kappa shape index (κ2) is 7.63. The summed E-state index contributed by atoms with van der Waals surface area (Å²) in [6, 6.07) is 5.00. The first kappa shape index (κ1) is 16.8. The van der Waals surface area contributed by atoms with Crippen molar-refractivity contribution < 1.29 is 19.4 Å². The number of benzene rings is 1. The second-order valence-corrected chi connectivity index (χ2v) is 5.70. The summed E-state index contributed by atoms with van der Waals surface area (Å²) in [6.07, 6.45) is 1.13. The molecule has 5 nitrogen and oxygen atoms in total. The van der Waals surface area contributed by atoms with Crippen LogP contribution in [0.3, 0.4) is 0 Å². The molecule has 0 unspecified atom stereocenters. The molecule has 1 heterocycles. The maximum atomic E-state index is 11.8. The lowest BCUT2D eigenvalue weighted by Crippen LogP contribution is -2.39. The Hall–Kier alpha value is -1.56. The molecule has 0 spiro atoms. The largest absolute Gasteiger partial charge is 0.495 e. The number of ether oxygens (including phenoxy) is 1. The van der Waals surface area contributed by atoms with Gasteiger partial charge >= 0.3 is 0 Å². The van der Waals surface area contributed by atoms with Gasteiger partial charge in [0.2, 0.25) is 5.91 Å². The molecular weight excluding hydrogens is 329 g/mol. The van der Waals surface area contributed by atoms with Crippen molar-refractivity contribution >= 4 is 34.9 Å². The summed E-state index contributed by atoms with van der Waals surface area (Å²) in [5, 5.41) is 13.2. The highest BCUT2D eigenvalue weighted by Crippen LogP contribution is 2.22. The average Bonchev–Trinajstić information content (AvgIpc) is 2.47. The predicted molar refractivity (Wildman–Crippen MR) is 82.8 cm³/mol. The molecule has 1 aliphatic heterocycles. The Morgan fingerprint density at radius 2 is 2.09 bits per heavy atom. The molecule has 0 fully saturated rings. The Bertz CT molecular complexity index is 603. The number of hydrogen-bond acceptors (Lipinski definition) is 4. The first-order chi connectivity index (χ1) is 10.5. The van der Waals surface area contributed by atoms with Gasteiger partial charge in [-0.2, -0.15) is 0 Å². The van der Waals surface area contributed by atoms with Gasteiger partial charge < -0.3 is 15.2 Å². The molecular formula is C15H15Cl2NO4. The fraction of sp³-hybridized carbons (Fsp3) is 0.333. The highest BCUT2D eigenvalue weighted by molar-refractivity contribution is 6.42. The molecule has 2 rings (SSSR count). The van der Waals surface area contributed by atoms with Crippen LogP contribution in [0.2, 0.25) is 10.0 Å². The number of amides is 1. The number of aliphatic hydroxyl groups is 1. The Kier molecular flexibility index (Phi) is 5.83. The zero-order valence-corrected chi connectivity index (χ0v) is 13.1. The van der Waals surface area contributed by atoms with E-state index in [9.17, 15) is 14.7 Å². The van der Waals surface area contributed by atoms with Gasteiger partial charge in [0.1, 0.15) is 6.10 Å². The van der Waals surface area contributed by atoms with Crippen LogP contribution in [0.1, 0.15) is 12.0 Å². The van der Waals surface area contributed by atoms with E-state index in [0.717, 1.165) is 5.56 Å². The first-order valence-electron chi connectivity index (χ1n) is 6.72. The highest BCUT2D eigenvalue weighted by Gasteiger charge is 2.28. The molecule has 0 radical (unpaired) electrons. The maximum absolute atomic E-state index is 11.8. The van der Waals surface area contributed by atoms with Gasteiger partial charge in [-0.25, -0.2) is 0 Å². The van der Waals surface area contributed by atoms with Gasteiger partial charge in [0.15, 0.2) is 11.9 Å². The molecule has 118 valence electrons. The Morgan fingerprint density at radius 1 is 1.32 bits per heavy atom. The van der Waals surface area contributed by atoms with Crippen LogP contribution in [0, 0.1) is 0 Å². The summed E-state index contributed by atoms with van der Waals surface area (Å²) >= 11 is 11.7. The van der Waals surface area contributed by atoms with Gasteiger partial charge in [-0.05, 0) is 17.7 Å². The van der Waals surface area contributed by atoms with E-state index >= 15 is 0 Å². The number of carbonyl (C=O) groups is 2. The lowest BCUT2D eigenvalue weighted by Gasteiger charge is -2.23. The van der Waals surface area contributed by atoms with E-state index in [1.165, 1.54) is 12.3 Å². The number of nitrogens with one attached hydrogen (secondary N) is 1. The molecule has 0 saturated carbocycles. The SMILES string of the molecule is O=C(Cc1ccc(Cl)c(Cl)c1)NCC[C@H]1OC=CC(=O)[C@@H]1O. The van der Waals surface area contributed by atoms with E-state index in [2.05, 4.69) is 5.32 Å². The van der Waals surface area contributed by atoms with Crippen LogP contribution in [0.25, 0.3) is 0 Å². The third kappa shape index (κ3) is 4.47. The topological polar surface area (TPSA) is 75.6 Å². The summed E-state index contributed by atoms with van der Waals surface area (Å²) in [4.78, 5) is 23.1. The normalized spacial score (nSPS) is 20.6. The number of carbonyl (C=O) groups excluding carboxylic acids is 2. The standard InChI is InChI=1S/C15H15Cl2NO4/c16-10-2-1-9(7-11(10)17)8-14(20)18-5-3-13-15(21)12(19)4-6-22-13/h1-2,4,6-7,13,15,21H,3,5,8H2,(H,18,20)/t13-,15+/m1/s1. The molecule has 0 aromatic heterocycles. The third-order valence-electron chi connectivity index (χ3n) is 3.23. The lowest BCUT2D eigenvalue weighted by molar-refractivity contribution is -0.131. The minimum absolute atomic E-state index is 0.170. The monoisotopic (exact) mass is 343 g/mol. The fourth-order valence-corrected chi connectivity index (χ4v) is 2.36. The Morgan fingerprint density at radius 3 is 2.82 bits per heavy atom. The Labute approximate surface area is 137 Å². The smallest absolute Gasteiger partial charge is 0.224 e. The predicted octanol–water partition coefficient (Wildman–Crippen LogP) is 1.88. The van der Waals surface area contributed by atoms with Crippen molar-refractivity contribution in [2.24, 2.45) is 0 Å². The third-order valence-corrected chi connectivity index (χ3v) is 3.97. The van der Waals surface area contributed by atoms with Crippen molar-refractivity contribution in [1.29, 1.82) is 0 Å². The minimum atomic E-state index is -1.18. The quantitative estimate of drug-likeness (QED) is 0.855. The van der Waals surface area contributed by atoms with Crippen molar-refractivity contribution in [1.82, 2.24) is 5.32 Å². The molecule has 1 aromatic carbocycles. The van der Waals surface area contributed by atoms with Crippen LogP contribution in [-0.4, -0.2) is 35.5 Å². The van der Waals surface area contributed by atoms with Gasteiger partial charge in [0.05, 0.1) is 22.7 Å². The molecule has 2 N–H and O–H groups in total. The van der Waals surface area contributed by atoms with E-state index in [0.29, 0.717) is 23.0 Å². The highest BCUT2D eigenvalue weighted by atomic mass is 35.5. The van der Waals surface area contributed by atoms with Crippen molar-refractivity contribution in [3.63, 3.8) is 0 Å². The van der Waals surface area contributed by atoms with E-state index in [1.807, 2.05) is 0 Å². The number of halogens is 2. The molecule has 1 aromatic rings. The van der Waals surface area contributed by atoms with Gasteiger partial charge in [-0.15, -0.1) is 0 Å². The van der Waals surface area contributed by atoms with Crippen LogP contribution in [0.5, 0.6) is 0 Å². The number of aliphatic hydroxyl groups excluding tert-OH is 1.